The first-order chi connectivity index (χ1) is 10.4. The molecule has 1 heterocycles. The summed E-state index contributed by atoms with van der Waals surface area (Å²) in [7, 11) is -3.84. The summed E-state index contributed by atoms with van der Waals surface area (Å²) in [5.41, 5.74) is 0.343. The van der Waals surface area contributed by atoms with Crippen LogP contribution in [0.25, 0.3) is 0 Å². The van der Waals surface area contributed by atoms with Crippen LogP contribution in [0.15, 0.2) is 23.1 Å². The van der Waals surface area contributed by atoms with Gasteiger partial charge in [-0.3, -0.25) is 9.59 Å². The molecule has 22 heavy (non-hydrogen) atoms. The SMILES string of the molecule is CCNCCNC(=O)c1ccc2c(c1)S(=O)(=O)N(CC)C2=O. The molecule has 2 amide bonds. The molecule has 0 aromatic heterocycles. The lowest BCUT2D eigenvalue weighted by Gasteiger charge is -2.11. The third kappa shape index (κ3) is 2.84. The van der Waals surface area contributed by atoms with E-state index in [0.29, 0.717) is 13.1 Å². The van der Waals surface area contributed by atoms with Crippen molar-refractivity contribution in [3.8, 4) is 0 Å². The zero-order valence-electron chi connectivity index (χ0n) is 12.5. The van der Waals surface area contributed by atoms with Gasteiger partial charge in [0.05, 0.1) is 5.56 Å². The fraction of sp³-hybridized carbons (Fsp3) is 0.429. The fourth-order valence-corrected chi connectivity index (χ4v) is 3.88. The number of carbonyl (C=O) groups is 2. The van der Waals surface area contributed by atoms with E-state index in [2.05, 4.69) is 10.6 Å². The van der Waals surface area contributed by atoms with Gasteiger partial charge in [0.25, 0.3) is 21.8 Å². The monoisotopic (exact) mass is 325 g/mol. The lowest BCUT2D eigenvalue weighted by atomic mass is 10.1. The predicted octanol–water partition coefficient (Wildman–Crippen LogP) is 0.190. The molecule has 1 aromatic rings. The molecule has 0 radical (unpaired) electrons. The molecule has 0 atom stereocenters. The molecule has 2 N–H and O–H groups in total. The maximum absolute atomic E-state index is 12.3. The Balaban J connectivity index is 2.23. The van der Waals surface area contributed by atoms with Gasteiger partial charge in [-0.15, -0.1) is 0 Å². The first-order valence-electron chi connectivity index (χ1n) is 7.13. The summed E-state index contributed by atoms with van der Waals surface area (Å²) in [6.07, 6.45) is 0. The first kappa shape index (κ1) is 16.4. The molecule has 0 fully saturated rings. The van der Waals surface area contributed by atoms with Crippen molar-refractivity contribution in [2.75, 3.05) is 26.2 Å². The van der Waals surface area contributed by atoms with Crippen LogP contribution in [-0.4, -0.2) is 50.7 Å². The van der Waals surface area contributed by atoms with E-state index in [-0.39, 0.29) is 28.5 Å². The summed E-state index contributed by atoms with van der Waals surface area (Å²) in [6.45, 7) is 5.51. The standard InChI is InChI=1S/C14H19N3O4S/c1-3-15-7-8-16-13(18)10-5-6-11-12(9-10)22(20,21)17(4-2)14(11)19/h5-6,9,15H,3-4,7-8H2,1-2H3,(H,16,18). The Kier molecular flexibility index (Phi) is 4.82. The van der Waals surface area contributed by atoms with Gasteiger partial charge < -0.3 is 10.6 Å². The number of benzene rings is 1. The third-order valence-electron chi connectivity index (χ3n) is 3.39. The van der Waals surface area contributed by atoms with Crippen molar-refractivity contribution >= 4 is 21.8 Å². The third-order valence-corrected chi connectivity index (χ3v) is 5.29. The Morgan fingerprint density at radius 2 is 1.95 bits per heavy atom. The second-order valence-corrected chi connectivity index (χ2v) is 6.63. The molecule has 2 rings (SSSR count). The Hall–Kier alpha value is -1.93. The van der Waals surface area contributed by atoms with Gasteiger partial charge in [0.2, 0.25) is 0 Å². The molecule has 1 aromatic carbocycles. The van der Waals surface area contributed by atoms with Crippen LogP contribution in [0.4, 0.5) is 0 Å². The smallest absolute Gasteiger partial charge is 0.268 e. The molecule has 0 unspecified atom stereocenters. The normalized spacial score (nSPS) is 15.7. The van der Waals surface area contributed by atoms with Gasteiger partial charge in [-0.25, -0.2) is 12.7 Å². The van der Waals surface area contributed by atoms with E-state index in [0.717, 1.165) is 10.8 Å². The van der Waals surface area contributed by atoms with Crippen LogP contribution in [0, 0.1) is 0 Å². The van der Waals surface area contributed by atoms with Crippen LogP contribution in [0.3, 0.4) is 0 Å². The molecule has 1 aliphatic heterocycles. The van der Waals surface area contributed by atoms with E-state index >= 15 is 0 Å². The number of nitrogens with one attached hydrogen (secondary N) is 2. The Morgan fingerprint density at radius 1 is 1.23 bits per heavy atom. The molecule has 0 bridgehead atoms. The minimum absolute atomic E-state index is 0.0695. The molecule has 1 aliphatic rings. The summed E-state index contributed by atoms with van der Waals surface area (Å²) in [5.74, 6) is -0.907. The number of rotatable bonds is 6. The van der Waals surface area contributed by atoms with Crippen LogP contribution in [0.1, 0.15) is 34.6 Å². The van der Waals surface area contributed by atoms with Gasteiger partial charge in [-0.05, 0) is 31.7 Å². The summed E-state index contributed by atoms with van der Waals surface area (Å²) in [4.78, 5) is 23.9. The maximum atomic E-state index is 12.3. The summed E-state index contributed by atoms with van der Waals surface area (Å²) >= 11 is 0. The number of amides is 2. The minimum Gasteiger partial charge on any atom is -0.351 e. The second-order valence-electron chi connectivity index (χ2n) is 4.80. The van der Waals surface area contributed by atoms with Gasteiger partial charge in [-0.2, -0.15) is 0 Å². The molecule has 8 heteroatoms. The van der Waals surface area contributed by atoms with E-state index < -0.39 is 15.9 Å². The van der Waals surface area contributed by atoms with Crippen LogP contribution >= 0.6 is 0 Å². The molecule has 0 aliphatic carbocycles. The van der Waals surface area contributed by atoms with Gasteiger partial charge in [-0.1, -0.05) is 6.92 Å². The molecule has 0 spiro atoms. The Bertz CT molecular complexity index is 700. The number of fused-ring (bicyclic) bond motifs is 1. The first-order valence-corrected chi connectivity index (χ1v) is 8.57. The van der Waals surface area contributed by atoms with E-state index in [1.165, 1.54) is 18.2 Å². The molecule has 120 valence electrons. The average Bonchev–Trinajstić information content (AvgIpc) is 2.69. The van der Waals surface area contributed by atoms with Crippen molar-refractivity contribution < 1.29 is 18.0 Å². The molecular weight excluding hydrogens is 306 g/mol. The number of likely N-dealkylation sites (N-methyl/N-ethyl adjacent to an activating group) is 1. The molecule has 0 saturated carbocycles. The fourth-order valence-electron chi connectivity index (χ4n) is 2.27. The van der Waals surface area contributed by atoms with Crippen molar-refractivity contribution in [1.82, 2.24) is 14.9 Å². The van der Waals surface area contributed by atoms with Gasteiger partial charge in [0.1, 0.15) is 4.90 Å². The number of carbonyl (C=O) groups excluding carboxylic acids is 2. The van der Waals surface area contributed by atoms with Crippen molar-refractivity contribution in [1.29, 1.82) is 0 Å². The van der Waals surface area contributed by atoms with Crippen LogP contribution in [0.2, 0.25) is 0 Å². The minimum atomic E-state index is -3.84. The second kappa shape index (κ2) is 6.45. The highest BCUT2D eigenvalue weighted by atomic mass is 32.2. The maximum Gasteiger partial charge on any atom is 0.268 e. The van der Waals surface area contributed by atoms with Crippen molar-refractivity contribution in [3.05, 3.63) is 29.3 Å². The molecule has 7 nitrogen and oxygen atoms in total. The highest BCUT2D eigenvalue weighted by Crippen LogP contribution is 2.30. The van der Waals surface area contributed by atoms with Crippen LogP contribution in [-0.2, 0) is 10.0 Å². The van der Waals surface area contributed by atoms with E-state index in [1.807, 2.05) is 6.92 Å². The van der Waals surface area contributed by atoms with E-state index in [1.54, 1.807) is 6.92 Å². The van der Waals surface area contributed by atoms with E-state index in [9.17, 15) is 18.0 Å². The number of sulfonamides is 1. The molecule has 0 saturated heterocycles. The topological polar surface area (TPSA) is 95.6 Å². The Labute approximate surface area is 129 Å². The molecular formula is C14H19N3O4S. The number of hydrogen-bond acceptors (Lipinski definition) is 5. The lowest BCUT2D eigenvalue weighted by Crippen LogP contribution is -2.31. The number of nitrogens with zero attached hydrogens (tertiary/aromatic N) is 1. The van der Waals surface area contributed by atoms with Crippen LogP contribution in [0.5, 0.6) is 0 Å². The van der Waals surface area contributed by atoms with Crippen molar-refractivity contribution in [2.45, 2.75) is 18.7 Å². The zero-order chi connectivity index (χ0) is 16.3. The van der Waals surface area contributed by atoms with Gasteiger partial charge in [0, 0.05) is 25.2 Å². The van der Waals surface area contributed by atoms with E-state index in [4.69, 9.17) is 0 Å². The highest BCUT2D eigenvalue weighted by Gasteiger charge is 2.40. The van der Waals surface area contributed by atoms with Gasteiger partial charge >= 0.3 is 0 Å². The van der Waals surface area contributed by atoms with Crippen molar-refractivity contribution in [3.63, 3.8) is 0 Å². The zero-order valence-corrected chi connectivity index (χ0v) is 13.4. The Morgan fingerprint density at radius 3 is 2.59 bits per heavy atom. The summed E-state index contributed by atoms with van der Waals surface area (Å²) < 4.78 is 25.3. The predicted molar refractivity (Wildman–Crippen MR) is 81.2 cm³/mol. The van der Waals surface area contributed by atoms with Crippen molar-refractivity contribution in [2.24, 2.45) is 0 Å². The summed E-state index contributed by atoms with van der Waals surface area (Å²) in [5, 5.41) is 5.76. The largest absolute Gasteiger partial charge is 0.351 e. The number of hydrogen-bond donors (Lipinski definition) is 2. The quantitative estimate of drug-likeness (QED) is 0.728. The summed E-state index contributed by atoms with van der Waals surface area (Å²) in [6, 6.07) is 4.12. The van der Waals surface area contributed by atoms with Crippen LogP contribution < -0.4 is 10.6 Å². The highest BCUT2D eigenvalue weighted by molar-refractivity contribution is 7.90. The van der Waals surface area contributed by atoms with Gasteiger partial charge in [0.15, 0.2) is 0 Å². The average molecular weight is 325 g/mol. The lowest BCUT2D eigenvalue weighted by molar-refractivity contribution is 0.0874.